The number of benzene rings is 1. The maximum Gasteiger partial charge on any atom is 0.241 e. The molecule has 19 heavy (non-hydrogen) atoms. The van der Waals surface area contributed by atoms with E-state index < -0.39 is 12.3 Å². The first kappa shape index (κ1) is 17.8. The van der Waals surface area contributed by atoms with Gasteiger partial charge in [-0.15, -0.1) is 6.58 Å². The van der Waals surface area contributed by atoms with Crippen LogP contribution in [0.2, 0.25) is 0 Å². The quantitative estimate of drug-likeness (QED) is 0.592. The minimum atomic E-state index is -2.22. The van der Waals surface area contributed by atoms with Gasteiger partial charge in [0, 0.05) is 5.92 Å². The maximum atomic E-state index is 12.2. The van der Waals surface area contributed by atoms with Crippen LogP contribution in [0.15, 0.2) is 36.4 Å². The molecule has 0 bridgehead atoms. The molecule has 0 saturated heterocycles. The second-order valence-corrected chi connectivity index (χ2v) is 5.15. The summed E-state index contributed by atoms with van der Waals surface area (Å²) in [6, 6.07) is 7.67. The largest absolute Gasteiger partial charge is 0.241 e. The topological polar surface area (TPSA) is 0 Å². The van der Waals surface area contributed by atoms with Gasteiger partial charge in [0.25, 0.3) is 0 Å². The van der Waals surface area contributed by atoms with E-state index in [2.05, 4.69) is 20.4 Å². The number of halogens is 2. The predicted molar refractivity (Wildman–Crippen MR) is 79.8 cm³/mol. The van der Waals surface area contributed by atoms with Gasteiger partial charge in [0.15, 0.2) is 0 Å². The van der Waals surface area contributed by atoms with Crippen LogP contribution in [0.3, 0.4) is 0 Å². The zero-order valence-corrected chi connectivity index (χ0v) is 12.5. The van der Waals surface area contributed by atoms with Crippen LogP contribution in [0, 0.1) is 12.8 Å². The summed E-state index contributed by atoms with van der Waals surface area (Å²) in [7, 11) is 0. The second-order valence-electron chi connectivity index (χ2n) is 5.15. The molecule has 1 rings (SSSR count). The highest BCUT2D eigenvalue weighted by atomic mass is 19.3. The Morgan fingerprint density at radius 2 is 1.84 bits per heavy atom. The van der Waals surface area contributed by atoms with Crippen LogP contribution < -0.4 is 0 Å². The smallest absolute Gasteiger partial charge is 0.210 e. The van der Waals surface area contributed by atoms with E-state index >= 15 is 0 Å². The molecular formula is C17H26F2. The van der Waals surface area contributed by atoms with Crippen molar-refractivity contribution in [3.8, 4) is 0 Å². The first-order valence-electron chi connectivity index (χ1n) is 6.85. The van der Waals surface area contributed by atoms with E-state index in [1.165, 1.54) is 18.4 Å². The second kappa shape index (κ2) is 9.71. The van der Waals surface area contributed by atoms with Crippen molar-refractivity contribution in [2.24, 2.45) is 5.92 Å². The molecule has 108 valence electrons. The molecule has 2 heteroatoms. The predicted octanol–water partition coefficient (Wildman–Crippen LogP) is 5.80. The lowest BCUT2D eigenvalue weighted by atomic mass is 9.98. The van der Waals surface area contributed by atoms with Gasteiger partial charge in [0.2, 0.25) is 6.43 Å². The maximum absolute atomic E-state index is 12.2. The summed E-state index contributed by atoms with van der Waals surface area (Å²) in [4.78, 5) is 0. The SMILES string of the molecule is C=C(C)CCC.Cc1ccccc1CC(C)C(F)F. The molecule has 0 saturated carbocycles. The molecular weight excluding hydrogens is 242 g/mol. The van der Waals surface area contributed by atoms with Gasteiger partial charge in [0.05, 0.1) is 0 Å². The third-order valence-electron chi connectivity index (χ3n) is 2.91. The monoisotopic (exact) mass is 268 g/mol. The normalized spacial score (nSPS) is 11.7. The molecule has 1 aromatic rings. The van der Waals surface area contributed by atoms with Crippen molar-refractivity contribution < 1.29 is 8.78 Å². The molecule has 1 unspecified atom stereocenters. The first-order chi connectivity index (χ1) is 8.88. The van der Waals surface area contributed by atoms with Crippen LogP contribution in [0.1, 0.15) is 44.7 Å². The minimum absolute atomic E-state index is 0.463. The van der Waals surface area contributed by atoms with E-state index in [-0.39, 0.29) is 0 Å². The third kappa shape index (κ3) is 8.52. The fourth-order valence-corrected chi connectivity index (χ4v) is 1.70. The molecule has 0 spiro atoms. The van der Waals surface area contributed by atoms with Gasteiger partial charge in [-0.3, -0.25) is 0 Å². The summed E-state index contributed by atoms with van der Waals surface area (Å²) in [5.41, 5.74) is 3.41. The molecule has 0 N–H and O–H groups in total. The van der Waals surface area contributed by atoms with Gasteiger partial charge in [-0.05, 0) is 37.8 Å². The van der Waals surface area contributed by atoms with Crippen LogP contribution in [-0.2, 0) is 6.42 Å². The summed E-state index contributed by atoms with van der Waals surface area (Å²) >= 11 is 0. The standard InChI is InChI=1S/C11H14F2.C6H12/c1-8-5-3-4-6-10(8)7-9(2)11(12)13;1-4-5-6(2)3/h3-6,9,11H,7H2,1-2H3;2,4-5H2,1,3H3. The van der Waals surface area contributed by atoms with Crippen molar-refractivity contribution in [3.63, 3.8) is 0 Å². The van der Waals surface area contributed by atoms with Gasteiger partial charge in [-0.25, -0.2) is 8.78 Å². The van der Waals surface area contributed by atoms with Crippen LogP contribution in [-0.4, -0.2) is 6.43 Å². The van der Waals surface area contributed by atoms with Gasteiger partial charge < -0.3 is 0 Å². The molecule has 0 aromatic heterocycles. The first-order valence-corrected chi connectivity index (χ1v) is 6.85. The lowest BCUT2D eigenvalue weighted by Gasteiger charge is -2.11. The van der Waals surface area contributed by atoms with Crippen molar-refractivity contribution in [2.75, 3.05) is 0 Å². The Hall–Kier alpha value is -1.18. The lowest BCUT2D eigenvalue weighted by Crippen LogP contribution is -2.10. The molecule has 0 fully saturated rings. The van der Waals surface area contributed by atoms with Gasteiger partial charge in [0.1, 0.15) is 0 Å². The van der Waals surface area contributed by atoms with E-state index in [1.54, 1.807) is 6.92 Å². The summed E-state index contributed by atoms with van der Waals surface area (Å²) in [5, 5.41) is 0. The van der Waals surface area contributed by atoms with E-state index in [9.17, 15) is 8.78 Å². The molecule has 0 amide bonds. The number of rotatable bonds is 5. The van der Waals surface area contributed by atoms with Crippen LogP contribution in [0.5, 0.6) is 0 Å². The fraction of sp³-hybridized carbons (Fsp3) is 0.529. The summed E-state index contributed by atoms with van der Waals surface area (Å²) in [5.74, 6) is -0.555. The summed E-state index contributed by atoms with van der Waals surface area (Å²) in [6.45, 7) is 11.5. The molecule has 0 aliphatic carbocycles. The Kier molecular flexibility index (Phi) is 9.11. The number of allylic oxidation sites excluding steroid dienone is 1. The average Bonchev–Trinajstić information content (AvgIpc) is 2.32. The van der Waals surface area contributed by atoms with Crippen molar-refractivity contribution in [3.05, 3.63) is 47.5 Å². The van der Waals surface area contributed by atoms with Crippen LogP contribution in [0.25, 0.3) is 0 Å². The molecule has 0 aliphatic rings. The zero-order valence-electron chi connectivity index (χ0n) is 12.5. The fourth-order valence-electron chi connectivity index (χ4n) is 1.70. The summed E-state index contributed by atoms with van der Waals surface area (Å²) < 4.78 is 24.5. The Morgan fingerprint density at radius 3 is 2.21 bits per heavy atom. The molecule has 0 aliphatic heterocycles. The van der Waals surface area contributed by atoms with Crippen LogP contribution >= 0.6 is 0 Å². The van der Waals surface area contributed by atoms with E-state index in [1.807, 2.05) is 31.2 Å². The number of alkyl halides is 2. The number of aryl methyl sites for hydroxylation is 1. The van der Waals surface area contributed by atoms with E-state index in [0.717, 1.165) is 11.1 Å². The molecule has 1 aromatic carbocycles. The van der Waals surface area contributed by atoms with Crippen LogP contribution in [0.4, 0.5) is 8.78 Å². The Labute approximate surface area is 116 Å². The minimum Gasteiger partial charge on any atom is -0.210 e. The molecule has 0 nitrogen and oxygen atoms in total. The lowest BCUT2D eigenvalue weighted by molar-refractivity contribution is 0.0865. The van der Waals surface area contributed by atoms with Crippen molar-refractivity contribution in [2.45, 2.75) is 53.4 Å². The molecule has 1 atom stereocenters. The Bertz CT molecular complexity index is 369. The van der Waals surface area contributed by atoms with Crippen molar-refractivity contribution in [1.82, 2.24) is 0 Å². The Balaban J connectivity index is 0.000000459. The third-order valence-corrected chi connectivity index (χ3v) is 2.91. The van der Waals surface area contributed by atoms with E-state index in [4.69, 9.17) is 0 Å². The highest BCUT2D eigenvalue weighted by molar-refractivity contribution is 5.25. The number of hydrogen-bond donors (Lipinski definition) is 0. The number of hydrogen-bond acceptors (Lipinski definition) is 0. The van der Waals surface area contributed by atoms with Gasteiger partial charge in [-0.2, -0.15) is 0 Å². The highest BCUT2D eigenvalue weighted by Crippen LogP contribution is 2.17. The Morgan fingerprint density at radius 1 is 1.26 bits per heavy atom. The van der Waals surface area contributed by atoms with Gasteiger partial charge in [-0.1, -0.05) is 50.1 Å². The molecule has 0 radical (unpaired) electrons. The van der Waals surface area contributed by atoms with Gasteiger partial charge >= 0.3 is 0 Å². The van der Waals surface area contributed by atoms with Crippen molar-refractivity contribution in [1.29, 1.82) is 0 Å². The van der Waals surface area contributed by atoms with E-state index in [0.29, 0.717) is 6.42 Å². The zero-order chi connectivity index (χ0) is 14.8. The molecule has 0 heterocycles. The highest BCUT2D eigenvalue weighted by Gasteiger charge is 2.15. The van der Waals surface area contributed by atoms with Crippen molar-refractivity contribution >= 4 is 0 Å². The average molecular weight is 268 g/mol. The summed E-state index contributed by atoms with van der Waals surface area (Å²) in [6.07, 6.45) is 0.652.